The highest BCUT2D eigenvalue weighted by atomic mass is 16.1. The molecular weight excluding hydrogens is 312 g/mol. The summed E-state index contributed by atoms with van der Waals surface area (Å²) in [6.07, 6.45) is 5.98. The van der Waals surface area contributed by atoms with Crippen LogP contribution in [0, 0.1) is 0 Å². The summed E-state index contributed by atoms with van der Waals surface area (Å²) in [5.41, 5.74) is 2.77. The highest BCUT2D eigenvalue weighted by molar-refractivity contribution is 5.79. The molecule has 0 unspecified atom stereocenters. The lowest BCUT2D eigenvalue weighted by atomic mass is 10.1. The maximum atomic E-state index is 13.1. The summed E-state index contributed by atoms with van der Waals surface area (Å²) in [4.78, 5) is 17.4. The predicted octanol–water partition coefficient (Wildman–Crippen LogP) is 3.74. The summed E-state index contributed by atoms with van der Waals surface area (Å²) < 4.78 is 3.42. The number of nitrogens with zero attached hydrogens (tertiary/aromatic N) is 4. The maximum Gasteiger partial charge on any atom is 0.301 e. The predicted molar refractivity (Wildman–Crippen MR) is 98.9 cm³/mol. The van der Waals surface area contributed by atoms with Crippen molar-refractivity contribution in [3.05, 3.63) is 70.8 Å². The van der Waals surface area contributed by atoms with Crippen LogP contribution >= 0.6 is 0 Å². The van der Waals surface area contributed by atoms with Gasteiger partial charge >= 0.3 is 5.56 Å². The van der Waals surface area contributed by atoms with Crippen molar-refractivity contribution < 1.29 is 0 Å². The molecule has 0 fully saturated rings. The molecule has 126 valence electrons. The van der Waals surface area contributed by atoms with Gasteiger partial charge in [-0.1, -0.05) is 44.0 Å². The first kappa shape index (κ1) is 15.6. The van der Waals surface area contributed by atoms with Crippen LogP contribution in [0.5, 0.6) is 0 Å². The van der Waals surface area contributed by atoms with E-state index in [1.54, 1.807) is 15.3 Å². The monoisotopic (exact) mass is 332 g/mol. The number of benzene rings is 1. The van der Waals surface area contributed by atoms with Crippen LogP contribution in [-0.4, -0.2) is 19.2 Å². The lowest BCUT2D eigenvalue weighted by molar-refractivity contribution is 0.638. The molecule has 4 rings (SSSR count). The molecule has 5 heteroatoms. The minimum Gasteiger partial charge on any atom is -0.265 e. The third-order valence-electron chi connectivity index (χ3n) is 4.47. The van der Waals surface area contributed by atoms with Gasteiger partial charge in [-0.15, -0.1) is 5.10 Å². The quantitative estimate of drug-likeness (QED) is 0.523. The third kappa shape index (κ3) is 2.71. The van der Waals surface area contributed by atoms with Gasteiger partial charge in [0.05, 0.1) is 16.9 Å². The molecule has 3 heterocycles. The minimum absolute atomic E-state index is 0.132. The van der Waals surface area contributed by atoms with Crippen molar-refractivity contribution in [2.45, 2.75) is 32.6 Å². The second kappa shape index (κ2) is 6.51. The minimum atomic E-state index is -0.132. The molecule has 0 atom stereocenters. The Kier molecular flexibility index (Phi) is 4.06. The van der Waals surface area contributed by atoms with E-state index in [0.29, 0.717) is 11.4 Å². The Balaban J connectivity index is 2.00. The molecule has 0 N–H and O–H groups in total. The zero-order valence-electron chi connectivity index (χ0n) is 14.2. The van der Waals surface area contributed by atoms with Gasteiger partial charge in [0.15, 0.2) is 5.69 Å². The normalized spacial score (nSPS) is 11.4. The first-order valence-corrected chi connectivity index (χ1v) is 8.73. The van der Waals surface area contributed by atoms with Gasteiger partial charge in [0.2, 0.25) is 0 Å². The first-order valence-electron chi connectivity index (χ1n) is 8.73. The van der Waals surface area contributed by atoms with E-state index >= 15 is 0 Å². The fourth-order valence-electron chi connectivity index (χ4n) is 3.20. The van der Waals surface area contributed by atoms with Gasteiger partial charge in [0.25, 0.3) is 0 Å². The number of hydrogen-bond donors (Lipinski definition) is 0. The molecule has 0 aliphatic rings. The van der Waals surface area contributed by atoms with E-state index < -0.39 is 0 Å². The van der Waals surface area contributed by atoms with Crippen LogP contribution in [-0.2, 0) is 6.42 Å². The Morgan fingerprint density at radius 2 is 1.88 bits per heavy atom. The summed E-state index contributed by atoms with van der Waals surface area (Å²) >= 11 is 0. The van der Waals surface area contributed by atoms with Crippen molar-refractivity contribution in [3.8, 4) is 11.4 Å². The number of aromatic nitrogens is 4. The second-order valence-electron chi connectivity index (χ2n) is 6.22. The molecule has 3 aromatic heterocycles. The van der Waals surface area contributed by atoms with Crippen molar-refractivity contribution in [2.75, 3.05) is 0 Å². The van der Waals surface area contributed by atoms with Gasteiger partial charge in [-0.2, -0.15) is 9.15 Å². The van der Waals surface area contributed by atoms with Gasteiger partial charge in [-0.3, -0.25) is 9.78 Å². The summed E-state index contributed by atoms with van der Waals surface area (Å²) in [6.45, 7) is 2.19. The van der Waals surface area contributed by atoms with E-state index in [0.717, 1.165) is 42.3 Å². The van der Waals surface area contributed by atoms with Crippen molar-refractivity contribution in [1.29, 1.82) is 0 Å². The van der Waals surface area contributed by atoms with Crippen molar-refractivity contribution in [2.24, 2.45) is 0 Å². The summed E-state index contributed by atoms with van der Waals surface area (Å²) in [5, 5.41) is 5.67. The van der Waals surface area contributed by atoms with E-state index in [-0.39, 0.29) is 5.56 Å². The second-order valence-corrected chi connectivity index (χ2v) is 6.22. The van der Waals surface area contributed by atoms with Crippen molar-refractivity contribution in [1.82, 2.24) is 19.2 Å². The van der Waals surface area contributed by atoms with Crippen LogP contribution in [0.15, 0.2) is 59.5 Å². The Labute approximate surface area is 145 Å². The van der Waals surface area contributed by atoms with Gasteiger partial charge in [0.1, 0.15) is 0 Å². The topological polar surface area (TPSA) is 51.7 Å². The SMILES string of the molecule is CCCCCc1cc2ccccc2n2c(=O)c(-c3ccccn3)nn12. The van der Waals surface area contributed by atoms with E-state index in [1.807, 2.05) is 42.5 Å². The van der Waals surface area contributed by atoms with Crippen LogP contribution in [0.3, 0.4) is 0 Å². The average molecular weight is 332 g/mol. The fourth-order valence-corrected chi connectivity index (χ4v) is 3.20. The van der Waals surface area contributed by atoms with E-state index in [4.69, 9.17) is 0 Å². The van der Waals surface area contributed by atoms with E-state index in [9.17, 15) is 4.79 Å². The van der Waals surface area contributed by atoms with Crippen LogP contribution in [0.4, 0.5) is 0 Å². The highest BCUT2D eigenvalue weighted by Crippen LogP contribution is 2.18. The van der Waals surface area contributed by atoms with Crippen LogP contribution in [0.25, 0.3) is 22.3 Å². The number of rotatable bonds is 5. The standard InChI is InChI=1S/C20H20N4O/c1-2-3-4-10-16-14-15-9-5-6-12-18(15)23-20(25)19(22-24(16)23)17-11-7-8-13-21-17/h5-9,11-14H,2-4,10H2,1H3. The van der Waals surface area contributed by atoms with Crippen molar-refractivity contribution >= 4 is 10.9 Å². The number of unbranched alkanes of at least 4 members (excludes halogenated alkanes) is 2. The summed E-state index contributed by atoms with van der Waals surface area (Å²) in [7, 11) is 0. The average Bonchev–Trinajstić information content (AvgIpc) is 3.01. The largest absolute Gasteiger partial charge is 0.301 e. The van der Waals surface area contributed by atoms with Crippen LogP contribution in [0.2, 0.25) is 0 Å². The number of fused-ring (bicyclic) bond motifs is 3. The van der Waals surface area contributed by atoms with Gasteiger partial charge < -0.3 is 0 Å². The summed E-state index contributed by atoms with van der Waals surface area (Å²) in [5.74, 6) is 0. The van der Waals surface area contributed by atoms with E-state index in [1.165, 1.54) is 0 Å². The van der Waals surface area contributed by atoms with E-state index in [2.05, 4.69) is 23.1 Å². The maximum absolute atomic E-state index is 13.1. The molecule has 0 spiro atoms. The molecule has 25 heavy (non-hydrogen) atoms. The Morgan fingerprint density at radius 3 is 2.68 bits per heavy atom. The highest BCUT2D eigenvalue weighted by Gasteiger charge is 2.16. The molecule has 5 nitrogen and oxygen atoms in total. The van der Waals surface area contributed by atoms with Gasteiger partial charge in [0, 0.05) is 11.6 Å². The molecule has 0 aliphatic carbocycles. The van der Waals surface area contributed by atoms with Gasteiger partial charge in [-0.25, -0.2) is 0 Å². The Morgan fingerprint density at radius 1 is 1.04 bits per heavy atom. The van der Waals surface area contributed by atoms with Crippen LogP contribution in [0.1, 0.15) is 31.9 Å². The molecule has 0 bridgehead atoms. The smallest absolute Gasteiger partial charge is 0.265 e. The molecule has 0 amide bonds. The zero-order valence-corrected chi connectivity index (χ0v) is 14.2. The Bertz CT molecular complexity index is 1080. The molecule has 0 aliphatic heterocycles. The Hall–Kier alpha value is -2.95. The molecule has 0 saturated carbocycles. The third-order valence-corrected chi connectivity index (χ3v) is 4.47. The lowest BCUT2D eigenvalue weighted by Gasteiger charge is -2.08. The lowest BCUT2D eigenvalue weighted by Crippen LogP contribution is -2.16. The molecule has 0 saturated heterocycles. The number of para-hydroxylation sites is 1. The number of pyridine rings is 1. The summed E-state index contributed by atoms with van der Waals surface area (Å²) in [6, 6.07) is 15.6. The molecular formula is C20H20N4O. The molecule has 0 radical (unpaired) electrons. The van der Waals surface area contributed by atoms with Crippen molar-refractivity contribution in [3.63, 3.8) is 0 Å². The van der Waals surface area contributed by atoms with Gasteiger partial charge in [-0.05, 0) is 37.1 Å². The van der Waals surface area contributed by atoms with Crippen LogP contribution < -0.4 is 5.56 Å². The molecule has 4 aromatic rings. The molecule has 1 aromatic carbocycles. The first-order chi connectivity index (χ1) is 12.3. The number of hydrogen-bond acceptors (Lipinski definition) is 3. The number of aryl methyl sites for hydroxylation is 1. The fraction of sp³-hybridized carbons (Fsp3) is 0.250. The zero-order chi connectivity index (χ0) is 17.2.